The number of imide groups is 1. The maximum atomic E-state index is 12.5. The molecule has 1 fully saturated rings. The molecule has 1 atom stereocenters. The molecule has 0 saturated carbocycles. The zero-order valence-corrected chi connectivity index (χ0v) is 16.7. The van der Waals surface area contributed by atoms with Gasteiger partial charge in [-0.3, -0.25) is 9.59 Å². The number of hydrogen-bond acceptors (Lipinski definition) is 6. The van der Waals surface area contributed by atoms with Crippen LogP contribution in [0.4, 0.5) is 4.79 Å². The zero-order valence-electron chi connectivity index (χ0n) is 16.7. The number of methoxy groups -OCH3 is 2. The molecular weight excluding hydrogens is 388 g/mol. The third kappa shape index (κ3) is 4.96. The van der Waals surface area contributed by atoms with Gasteiger partial charge in [0.15, 0.2) is 18.1 Å². The van der Waals surface area contributed by atoms with Gasteiger partial charge in [0.05, 0.1) is 26.8 Å². The van der Waals surface area contributed by atoms with E-state index in [2.05, 4.69) is 5.32 Å². The molecule has 1 aliphatic rings. The fourth-order valence-corrected chi connectivity index (χ4v) is 3.01. The van der Waals surface area contributed by atoms with Crippen LogP contribution in [0.3, 0.4) is 0 Å². The van der Waals surface area contributed by atoms with E-state index in [4.69, 9.17) is 14.2 Å². The maximum absolute atomic E-state index is 12.5. The van der Waals surface area contributed by atoms with E-state index in [1.165, 1.54) is 13.2 Å². The standard InChI is InChI=1S/C22H22N2O6/c1-28-18-10-8-15(12-19(18)29-2)9-11-20(25)23-17(16-6-4-3-5-7-16)13-24-21(26)14-30-22(24)27/h3-12,17H,13-14H2,1-2H3,(H,23,25)/b11-9+. The Morgan fingerprint density at radius 2 is 1.87 bits per heavy atom. The molecule has 1 heterocycles. The Bertz CT molecular complexity index is 941. The summed E-state index contributed by atoms with van der Waals surface area (Å²) in [6.45, 7) is -0.300. The van der Waals surface area contributed by atoms with Crippen molar-refractivity contribution in [3.8, 4) is 11.5 Å². The SMILES string of the molecule is COc1ccc(/C=C/C(=O)NC(CN2C(=O)COC2=O)c2ccccc2)cc1OC. The minimum atomic E-state index is -0.712. The topological polar surface area (TPSA) is 94.2 Å². The van der Waals surface area contributed by atoms with Crippen molar-refractivity contribution in [2.24, 2.45) is 0 Å². The Labute approximate surface area is 174 Å². The third-order valence-electron chi connectivity index (χ3n) is 4.56. The van der Waals surface area contributed by atoms with Crippen LogP contribution in [0, 0.1) is 0 Å². The Hall–Kier alpha value is -3.81. The number of hydrogen-bond donors (Lipinski definition) is 1. The Balaban J connectivity index is 1.74. The van der Waals surface area contributed by atoms with Crippen molar-refractivity contribution in [3.63, 3.8) is 0 Å². The molecule has 8 heteroatoms. The second kappa shape index (κ2) is 9.60. The molecule has 0 radical (unpaired) electrons. The van der Waals surface area contributed by atoms with Crippen LogP contribution in [0.2, 0.25) is 0 Å². The van der Waals surface area contributed by atoms with Crippen LogP contribution in [0.15, 0.2) is 54.6 Å². The molecular formula is C22H22N2O6. The summed E-state index contributed by atoms with van der Waals surface area (Å²) in [6.07, 6.45) is 2.30. The summed E-state index contributed by atoms with van der Waals surface area (Å²) in [4.78, 5) is 37.2. The molecule has 2 aromatic rings. The van der Waals surface area contributed by atoms with Crippen molar-refractivity contribution in [2.75, 3.05) is 27.4 Å². The summed E-state index contributed by atoms with van der Waals surface area (Å²) in [5.41, 5.74) is 1.51. The molecule has 8 nitrogen and oxygen atoms in total. The van der Waals surface area contributed by atoms with Crippen molar-refractivity contribution in [1.29, 1.82) is 0 Å². The average molecular weight is 410 g/mol. The van der Waals surface area contributed by atoms with Gasteiger partial charge < -0.3 is 19.5 Å². The van der Waals surface area contributed by atoms with Crippen LogP contribution in [0.5, 0.6) is 11.5 Å². The summed E-state index contributed by atoms with van der Waals surface area (Å²) >= 11 is 0. The molecule has 0 spiro atoms. The number of nitrogens with zero attached hydrogens (tertiary/aromatic N) is 1. The minimum absolute atomic E-state index is 0.0163. The average Bonchev–Trinajstić information content (AvgIpc) is 3.09. The van der Waals surface area contributed by atoms with Gasteiger partial charge in [-0.2, -0.15) is 0 Å². The first-order valence-electron chi connectivity index (χ1n) is 9.24. The number of amides is 3. The lowest BCUT2D eigenvalue weighted by Crippen LogP contribution is -2.40. The molecule has 1 aliphatic heterocycles. The smallest absolute Gasteiger partial charge is 0.417 e. The second-order valence-corrected chi connectivity index (χ2v) is 6.48. The largest absolute Gasteiger partial charge is 0.493 e. The molecule has 1 unspecified atom stereocenters. The number of cyclic esters (lactones) is 1. The molecule has 3 rings (SSSR count). The van der Waals surface area contributed by atoms with Crippen LogP contribution in [0.1, 0.15) is 17.2 Å². The second-order valence-electron chi connectivity index (χ2n) is 6.48. The van der Waals surface area contributed by atoms with E-state index in [1.807, 2.05) is 30.3 Å². The summed E-state index contributed by atoms with van der Waals surface area (Å²) in [5, 5.41) is 2.84. The number of carbonyl (C=O) groups excluding carboxylic acids is 3. The van der Waals surface area contributed by atoms with Gasteiger partial charge >= 0.3 is 6.09 Å². The summed E-state index contributed by atoms with van der Waals surface area (Å²) in [5.74, 6) is 0.327. The summed E-state index contributed by atoms with van der Waals surface area (Å²) < 4.78 is 15.2. The van der Waals surface area contributed by atoms with E-state index in [1.54, 1.807) is 31.4 Å². The molecule has 1 saturated heterocycles. The fourth-order valence-electron chi connectivity index (χ4n) is 3.01. The highest BCUT2D eigenvalue weighted by Gasteiger charge is 2.33. The molecule has 3 amide bonds. The van der Waals surface area contributed by atoms with Gasteiger partial charge in [-0.25, -0.2) is 9.69 Å². The highest BCUT2D eigenvalue weighted by molar-refractivity contribution is 5.98. The number of benzene rings is 2. The Morgan fingerprint density at radius 3 is 2.50 bits per heavy atom. The molecule has 0 aliphatic carbocycles. The Kier molecular flexibility index (Phi) is 6.69. The van der Waals surface area contributed by atoms with E-state index >= 15 is 0 Å². The fraction of sp³-hybridized carbons (Fsp3) is 0.227. The summed E-state index contributed by atoms with van der Waals surface area (Å²) in [7, 11) is 3.08. The highest BCUT2D eigenvalue weighted by atomic mass is 16.6. The van der Waals surface area contributed by atoms with Crippen LogP contribution in [0.25, 0.3) is 6.08 Å². The van der Waals surface area contributed by atoms with E-state index < -0.39 is 18.0 Å². The van der Waals surface area contributed by atoms with Gasteiger partial charge in [-0.15, -0.1) is 0 Å². The molecule has 0 aromatic heterocycles. The molecule has 2 aromatic carbocycles. The van der Waals surface area contributed by atoms with Crippen molar-refractivity contribution in [3.05, 3.63) is 65.7 Å². The van der Waals surface area contributed by atoms with Crippen LogP contribution >= 0.6 is 0 Å². The lowest BCUT2D eigenvalue weighted by Gasteiger charge is -2.22. The van der Waals surface area contributed by atoms with Gasteiger partial charge in [-0.05, 0) is 29.3 Å². The van der Waals surface area contributed by atoms with E-state index in [0.29, 0.717) is 11.5 Å². The van der Waals surface area contributed by atoms with Gasteiger partial charge in [0.25, 0.3) is 5.91 Å². The van der Waals surface area contributed by atoms with Gasteiger partial charge in [0.1, 0.15) is 0 Å². The third-order valence-corrected chi connectivity index (χ3v) is 4.56. The Morgan fingerprint density at radius 1 is 1.13 bits per heavy atom. The monoisotopic (exact) mass is 410 g/mol. The molecule has 30 heavy (non-hydrogen) atoms. The van der Waals surface area contributed by atoms with Crippen LogP contribution in [-0.2, 0) is 14.3 Å². The minimum Gasteiger partial charge on any atom is -0.493 e. The first kappa shape index (κ1) is 20.9. The lowest BCUT2D eigenvalue weighted by atomic mass is 10.1. The predicted octanol–water partition coefficient (Wildman–Crippen LogP) is 2.55. The van der Waals surface area contributed by atoms with E-state index in [9.17, 15) is 14.4 Å². The van der Waals surface area contributed by atoms with Gasteiger partial charge in [-0.1, -0.05) is 36.4 Å². The molecule has 1 N–H and O–H groups in total. The number of nitrogens with one attached hydrogen (secondary N) is 1. The van der Waals surface area contributed by atoms with Crippen molar-refractivity contribution >= 4 is 24.0 Å². The van der Waals surface area contributed by atoms with Crippen LogP contribution < -0.4 is 14.8 Å². The number of ether oxygens (including phenoxy) is 3. The zero-order chi connectivity index (χ0) is 21.5. The van der Waals surface area contributed by atoms with E-state index in [-0.39, 0.29) is 19.1 Å². The normalized spacial score (nSPS) is 14.5. The first-order valence-corrected chi connectivity index (χ1v) is 9.24. The van der Waals surface area contributed by atoms with Crippen LogP contribution in [-0.4, -0.2) is 50.2 Å². The quantitative estimate of drug-likeness (QED) is 0.672. The van der Waals surface area contributed by atoms with Crippen molar-refractivity contribution in [1.82, 2.24) is 10.2 Å². The lowest BCUT2D eigenvalue weighted by molar-refractivity contribution is -0.126. The van der Waals surface area contributed by atoms with Gasteiger partial charge in [0, 0.05) is 6.08 Å². The number of carbonyl (C=O) groups is 3. The first-order chi connectivity index (χ1) is 14.5. The highest BCUT2D eigenvalue weighted by Crippen LogP contribution is 2.28. The molecule has 0 bridgehead atoms. The molecule has 156 valence electrons. The predicted molar refractivity (Wildman–Crippen MR) is 109 cm³/mol. The van der Waals surface area contributed by atoms with E-state index in [0.717, 1.165) is 16.0 Å². The van der Waals surface area contributed by atoms with Crippen molar-refractivity contribution in [2.45, 2.75) is 6.04 Å². The number of rotatable bonds is 8. The van der Waals surface area contributed by atoms with Gasteiger partial charge in [0.2, 0.25) is 5.91 Å². The maximum Gasteiger partial charge on any atom is 0.417 e. The summed E-state index contributed by atoms with van der Waals surface area (Å²) in [6, 6.07) is 13.8. The van der Waals surface area contributed by atoms with Crippen molar-refractivity contribution < 1.29 is 28.6 Å².